The minimum Gasteiger partial charge on any atom is -0.477 e. The number of halogens is 1. The van der Waals surface area contributed by atoms with Crippen molar-refractivity contribution >= 4 is 34.1 Å². The molecule has 0 amide bonds. The van der Waals surface area contributed by atoms with Crippen LogP contribution in [0.5, 0.6) is 0 Å². The van der Waals surface area contributed by atoms with Crippen LogP contribution < -0.4 is 0 Å². The molecule has 0 aliphatic rings. The van der Waals surface area contributed by atoms with Crippen molar-refractivity contribution < 1.29 is 14.7 Å². The number of carbonyl (C=O) groups is 2. The Balaban J connectivity index is 0.000000141. The Morgan fingerprint density at radius 3 is 1.92 bits per heavy atom. The Morgan fingerprint density at radius 2 is 1.42 bits per heavy atom. The normalized spacial score (nSPS) is 10.4. The van der Waals surface area contributed by atoms with E-state index in [1.54, 1.807) is 30.7 Å². The van der Waals surface area contributed by atoms with E-state index in [-0.39, 0.29) is 5.56 Å². The van der Waals surface area contributed by atoms with E-state index >= 15 is 0 Å². The number of hydrogen-bond donors (Lipinski definition) is 1. The summed E-state index contributed by atoms with van der Waals surface area (Å²) in [6, 6.07) is 3.41. The summed E-state index contributed by atoms with van der Waals surface area (Å²) in [7, 11) is 0. The highest BCUT2D eigenvalue weighted by atomic mass is 35.5. The summed E-state index contributed by atoms with van der Waals surface area (Å²) in [5.74, 6) is -1.01. The first-order chi connectivity index (χ1) is 11.6. The molecule has 4 aromatic heterocycles. The van der Waals surface area contributed by atoms with Gasteiger partial charge < -0.3 is 5.11 Å². The smallest absolute Gasteiger partial charge is 0.341 e. The predicted molar refractivity (Wildman–Crippen MR) is 83.1 cm³/mol. The molecular weight excluding hydrogens is 336 g/mol. The zero-order valence-corrected chi connectivity index (χ0v) is 12.7. The van der Waals surface area contributed by atoms with Gasteiger partial charge in [-0.3, -0.25) is 4.79 Å². The van der Waals surface area contributed by atoms with E-state index < -0.39 is 11.2 Å². The van der Waals surface area contributed by atoms with Crippen LogP contribution in [0.1, 0.15) is 20.7 Å². The predicted octanol–water partition coefficient (Wildman–Crippen LogP) is 1.54. The molecule has 24 heavy (non-hydrogen) atoms. The standard InChI is InChI=1S/C7H4ClN3O.C7H5N3O2/c8-6(12)5-4-10-11-3-1-2-9-7(5)11;11-7(12)5-4-9-10-3-1-2-8-6(5)10/h1-4H;1-4H,(H,11,12). The number of aromatic nitrogens is 6. The first-order valence-corrected chi connectivity index (χ1v) is 6.95. The molecule has 0 bridgehead atoms. The summed E-state index contributed by atoms with van der Waals surface area (Å²) in [4.78, 5) is 29.2. The van der Waals surface area contributed by atoms with E-state index in [0.717, 1.165) is 0 Å². The summed E-state index contributed by atoms with van der Waals surface area (Å²) in [5.41, 5.74) is 1.30. The summed E-state index contributed by atoms with van der Waals surface area (Å²) in [6.45, 7) is 0. The van der Waals surface area contributed by atoms with Crippen LogP contribution in [-0.4, -0.2) is 45.5 Å². The number of carbonyl (C=O) groups excluding carboxylic acids is 1. The van der Waals surface area contributed by atoms with Crippen LogP contribution in [0.15, 0.2) is 49.3 Å². The monoisotopic (exact) mass is 344 g/mol. The number of carboxylic acids is 1. The van der Waals surface area contributed by atoms with Gasteiger partial charge in [0.1, 0.15) is 5.56 Å². The molecule has 0 aliphatic heterocycles. The SMILES string of the molecule is O=C(Cl)c1cnn2cccnc12.O=C(O)c1cnn2cccnc12. The Bertz CT molecular complexity index is 957. The van der Waals surface area contributed by atoms with Crippen molar-refractivity contribution in [3.05, 3.63) is 60.4 Å². The van der Waals surface area contributed by atoms with Gasteiger partial charge in [-0.2, -0.15) is 10.2 Å². The number of hydrogen-bond acceptors (Lipinski definition) is 6. The van der Waals surface area contributed by atoms with Gasteiger partial charge in [0.25, 0.3) is 5.24 Å². The van der Waals surface area contributed by atoms with Gasteiger partial charge in [-0.05, 0) is 23.7 Å². The van der Waals surface area contributed by atoms with Crippen molar-refractivity contribution in [3.63, 3.8) is 0 Å². The van der Waals surface area contributed by atoms with Crippen molar-refractivity contribution in [3.8, 4) is 0 Å². The minimum absolute atomic E-state index is 0.121. The molecule has 0 radical (unpaired) electrons. The summed E-state index contributed by atoms with van der Waals surface area (Å²) in [5, 5.41) is 15.8. The van der Waals surface area contributed by atoms with Crippen molar-refractivity contribution in [2.24, 2.45) is 0 Å². The van der Waals surface area contributed by atoms with Crippen molar-refractivity contribution in [1.82, 2.24) is 29.2 Å². The van der Waals surface area contributed by atoms with Crippen LogP contribution in [0.4, 0.5) is 0 Å². The molecule has 0 saturated heterocycles. The van der Waals surface area contributed by atoms with E-state index in [0.29, 0.717) is 16.9 Å². The molecule has 4 heterocycles. The molecule has 4 rings (SSSR count). The second-order valence-electron chi connectivity index (χ2n) is 4.47. The molecule has 1 N–H and O–H groups in total. The lowest BCUT2D eigenvalue weighted by atomic mass is 10.3. The zero-order valence-electron chi connectivity index (χ0n) is 11.9. The fourth-order valence-corrected chi connectivity index (χ4v) is 2.08. The third kappa shape index (κ3) is 2.92. The van der Waals surface area contributed by atoms with E-state index in [2.05, 4.69) is 20.2 Å². The van der Waals surface area contributed by atoms with E-state index in [9.17, 15) is 9.59 Å². The second-order valence-corrected chi connectivity index (χ2v) is 4.81. The van der Waals surface area contributed by atoms with Crippen LogP contribution in [0.2, 0.25) is 0 Å². The zero-order chi connectivity index (χ0) is 17.1. The van der Waals surface area contributed by atoms with Gasteiger partial charge in [0, 0.05) is 24.8 Å². The van der Waals surface area contributed by atoms with Gasteiger partial charge in [-0.15, -0.1) is 0 Å². The van der Waals surface area contributed by atoms with Gasteiger partial charge in [-0.1, -0.05) is 0 Å². The molecule has 0 spiro atoms. The number of fused-ring (bicyclic) bond motifs is 2. The van der Waals surface area contributed by atoms with Crippen LogP contribution in [-0.2, 0) is 0 Å². The van der Waals surface area contributed by atoms with Gasteiger partial charge in [-0.25, -0.2) is 23.8 Å². The van der Waals surface area contributed by atoms with E-state index in [1.165, 1.54) is 27.6 Å². The highest BCUT2D eigenvalue weighted by Gasteiger charge is 2.11. The lowest BCUT2D eigenvalue weighted by Crippen LogP contribution is -1.96. The molecular formula is C14H9ClN6O3. The van der Waals surface area contributed by atoms with Crippen LogP contribution in [0, 0.1) is 0 Å². The maximum Gasteiger partial charge on any atom is 0.341 e. The fourth-order valence-electron chi connectivity index (χ4n) is 1.94. The topological polar surface area (TPSA) is 115 Å². The molecule has 0 fully saturated rings. The summed E-state index contributed by atoms with van der Waals surface area (Å²) in [6.07, 6.45) is 9.15. The minimum atomic E-state index is -1.01. The third-order valence-electron chi connectivity index (χ3n) is 3.00. The molecule has 10 heteroatoms. The lowest BCUT2D eigenvalue weighted by Gasteiger charge is -1.90. The number of carboxylic acid groups (broad SMARTS) is 1. The maximum absolute atomic E-state index is 10.8. The molecule has 0 unspecified atom stereocenters. The largest absolute Gasteiger partial charge is 0.477 e. The lowest BCUT2D eigenvalue weighted by molar-refractivity contribution is 0.0698. The van der Waals surface area contributed by atoms with Crippen LogP contribution in [0.25, 0.3) is 11.3 Å². The Morgan fingerprint density at radius 1 is 0.917 bits per heavy atom. The van der Waals surface area contributed by atoms with Gasteiger partial charge in [0.05, 0.1) is 18.0 Å². The first kappa shape index (κ1) is 15.6. The Kier molecular flexibility index (Phi) is 4.17. The molecule has 0 aliphatic carbocycles. The molecule has 0 aromatic carbocycles. The van der Waals surface area contributed by atoms with Crippen molar-refractivity contribution in [2.75, 3.05) is 0 Å². The quantitative estimate of drug-likeness (QED) is 0.548. The van der Waals surface area contributed by atoms with Crippen molar-refractivity contribution in [1.29, 1.82) is 0 Å². The number of rotatable bonds is 2. The number of aromatic carboxylic acids is 1. The highest BCUT2D eigenvalue weighted by molar-refractivity contribution is 6.68. The molecule has 0 saturated carbocycles. The van der Waals surface area contributed by atoms with Crippen LogP contribution >= 0.6 is 11.6 Å². The van der Waals surface area contributed by atoms with Gasteiger partial charge in [0.15, 0.2) is 11.3 Å². The molecule has 9 nitrogen and oxygen atoms in total. The van der Waals surface area contributed by atoms with E-state index in [4.69, 9.17) is 16.7 Å². The maximum atomic E-state index is 10.8. The summed E-state index contributed by atoms with van der Waals surface area (Å²) < 4.78 is 2.92. The van der Waals surface area contributed by atoms with E-state index in [1.807, 2.05) is 0 Å². The third-order valence-corrected chi connectivity index (χ3v) is 3.20. The molecule has 4 aromatic rings. The molecule has 120 valence electrons. The summed E-state index contributed by atoms with van der Waals surface area (Å²) >= 11 is 5.29. The first-order valence-electron chi connectivity index (χ1n) is 6.58. The Labute approximate surface area is 139 Å². The average molecular weight is 345 g/mol. The average Bonchev–Trinajstić information content (AvgIpc) is 3.19. The molecule has 0 atom stereocenters. The van der Waals surface area contributed by atoms with Gasteiger partial charge >= 0.3 is 5.97 Å². The number of nitrogens with zero attached hydrogens (tertiary/aromatic N) is 6. The Hall–Kier alpha value is -3.33. The fraction of sp³-hybridized carbons (Fsp3) is 0. The van der Waals surface area contributed by atoms with Gasteiger partial charge in [0.2, 0.25) is 0 Å². The second kappa shape index (κ2) is 6.42. The van der Waals surface area contributed by atoms with Crippen molar-refractivity contribution in [2.45, 2.75) is 0 Å². The van der Waals surface area contributed by atoms with Crippen LogP contribution in [0.3, 0.4) is 0 Å². The highest BCUT2D eigenvalue weighted by Crippen LogP contribution is 2.09.